The molecule has 0 bridgehead atoms. The van der Waals surface area contributed by atoms with Gasteiger partial charge in [0.2, 0.25) is 0 Å². The monoisotopic (exact) mass is 158 g/mol. The molecule has 2 nitrogen and oxygen atoms in total. The minimum Gasteiger partial charge on any atom is -0.385 e. The highest BCUT2D eigenvalue weighted by Gasteiger charge is 2.10. The van der Waals surface area contributed by atoms with Crippen molar-refractivity contribution in [2.45, 2.75) is 46.1 Å². The molecule has 0 spiro atoms. The maximum Gasteiger partial charge on any atom is 0.158 e. The number of aliphatic hydroxyl groups excluding tert-OH is 1. The van der Waals surface area contributed by atoms with Gasteiger partial charge in [0.15, 0.2) is 5.78 Å². The molecule has 11 heavy (non-hydrogen) atoms. The summed E-state index contributed by atoms with van der Waals surface area (Å²) in [7, 11) is 0. The summed E-state index contributed by atoms with van der Waals surface area (Å²) in [5, 5.41) is 9.12. The lowest BCUT2D eigenvalue weighted by atomic mass is 9.99. The highest BCUT2D eigenvalue weighted by atomic mass is 16.3. The van der Waals surface area contributed by atoms with E-state index in [-0.39, 0.29) is 5.78 Å². The molecule has 2 atom stereocenters. The predicted octanol–water partition coefficient (Wildman–Crippen LogP) is 1.76. The summed E-state index contributed by atoms with van der Waals surface area (Å²) in [6.07, 6.45) is 1.94. The van der Waals surface area contributed by atoms with Gasteiger partial charge in [-0.2, -0.15) is 0 Å². The van der Waals surface area contributed by atoms with Crippen LogP contribution in [0.5, 0.6) is 0 Å². The lowest BCUT2D eigenvalue weighted by Crippen LogP contribution is -2.17. The Morgan fingerprint density at radius 3 is 2.36 bits per heavy atom. The van der Waals surface area contributed by atoms with Crippen LogP contribution in [0.25, 0.3) is 0 Å². The molecule has 2 unspecified atom stereocenters. The lowest BCUT2D eigenvalue weighted by Gasteiger charge is -2.10. The molecule has 1 N–H and O–H groups in total. The fourth-order valence-electron chi connectivity index (χ4n) is 0.850. The Kier molecular flexibility index (Phi) is 5.12. The summed E-state index contributed by atoms with van der Waals surface area (Å²) < 4.78 is 0. The van der Waals surface area contributed by atoms with Crippen LogP contribution >= 0.6 is 0 Å². The fraction of sp³-hybridized carbons (Fsp3) is 0.889. The summed E-state index contributed by atoms with van der Waals surface area (Å²) in [4.78, 5) is 10.6. The van der Waals surface area contributed by atoms with Crippen LogP contribution in [0.2, 0.25) is 0 Å². The molecule has 0 amide bonds. The van der Waals surface area contributed by atoms with E-state index in [4.69, 9.17) is 5.11 Å². The SMILES string of the molecule is CCC(C)CCC(O)C(C)=O. The van der Waals surface area contributed by atoms with E-state index >= 15 is 0 Å². The van der Waals surface area contributed by atoms with E-state index in [0.29, 0.717) is 12.3 Å². The van der Waals surface area contributed by atoms with E-state index in [1.807, 2.05) is 0 Å². The van der Waals surface area contributed by atoms with Gasteiger partial charge in [-0.05, 0) is 25.7 Å². The zero-order chi connectivity index (χ0) is 8.85. The third-order valence-electron chi connectivity index (χ3n) is 2.10. The van der Waals surface area contributed by atoms with Gasteiger partial charge in [-0.25, -0.2) is 0 Å². The molecule has 0 heterocycles. The van der Waals surface area contributed by atoms with Crippen molar-refractivity contribution in [3.63, 3.8) is 0 Å². The Hall–Kier alpha value is -0.370. The maximum absolute atomic E-state index is 10.6. The molecular weight excluding hydrogens is 140 g/mol. The molecule has 0 aromatic rings. The fourth-order valence-corrected chi connectivity index (χ4v) is 0.850. The number of aliphatic hydroxyl groups is 1. The van der Waals surface area contributed by atoms with Crippen molar-refractivity contribution in [3.8, 4) is 0 Å². The van der Waals surface area contributed by atoms with Gasteiger partial charge < -0.3 is 5.11 Å². The highest BCUT2D eigenvalue weighted by Crippen LogP contribution is 2.11. The second kappa shape index (κ2) is 5.30. The molecule has 0 aliphatic carbocycles. The van der Waals surface area contributed by atoms with Gasteiger partial charge in [-0.15, -0.1) is 0 Å². The average molecular weight is 158 g/mol. The first kappa shape index (κ1) is 10.6. The number of carbonyl (C=O) groups is 1. The quantitative estimate of drug-likeness (QED) is 0.662. The minimum absolute atomic E-state index is 0.117. The molecule has 0 rings (SSSR count). The Balaban J connectivity index is 3.45. The maximum atomic E-state index is 10.6. The smallest absolute Gasteiger partial charge is 0.158 e. The van der Waals surface area contributed by atoms with Gasteiger partial charge in [0.05, 0.1) is 0 Å². The second-order valence-corrected chi connectivity index (χ2v) is 3.22. The van der Waals surface area contributed by atoms with Crippen LogP contribution in [0, 0.1) is 5.92 Å². The molecule has 66 valence electrons. The Morgan fingerprint density at radius 2 is 2.00 bits per heavy atom. The van der Waals surface area contributed by atoms with Crippen LogP contribution in [0.15, 0.2) is 0 Å². The average Bonchev–Trinajstić information content (AvgIpc) is 1.99. The molecule has 0 radical (unpaired) electrons. The van der Waals surface area contributed by atoms with Crippen molar-refractivity contribution in [2.24, 2.45) is 5.92 Å². The van der Waals surface area contributed by atoms with E-state index in [1.54, 1.807) is 0 Å². The molecule has 0 aromatic carbocycles. The standard InChI is InChI=1S/C9H18O2/c1-4-7(2)5-6-9(11)8(3)10/h7,9,11H,4-6H2,1-3H3. The van der Waals surface area contributed by atoms with Gasteiger partial charge in [0, 0.05) is 0 Å². The second-order valence-electron chi connectivity index (χ2n) is 3.22. The van der Waals surface area contributed by atoms with Gasteiger partial charge in [0.25, 0.3) is 0 Å². The lowest BCUT2D eigenvalue weighted by molar-refractivity contribution is -0.125. The zero-order valence-corrected chi connectivity index (χ0v) is 7.63. The summed E-state index contributed by atoms with van der Waals surface area (Å²) in [5.74, 6) is 0.498. The van der Waals surface area contributed by atoms with Crippen LogP contribution < -0.4 is 0 Å². The summed E-state index contributed by atoms with van der Waals surface area (Å²) >= 11 is 0. The van der Waals surface area contributed by atoms with Crippen LogP contribution in [0.4, 0.5) is 0 Å². The van der Waals surface area contributed by atoms with Gasteiger partial charge >= 0.3 is 0 Å². The molecule has 0 aliphatic heterocycles. The third kappa shape index (κ3) is 4.96. The van der Waals surface area contributed by atoms with Crippen molar-refractivity contribution >= 4 is 5.78 Å². The molecule has 0 aliphatic rings. The molecular formula is C9H18O2. The molecule has 0 saturated heterocycles. The van der Waals surface area contributed by atoms with E-state index in [1.165, 1.54) is 6.92 Å². The zero-order valence-electron chi connectivity index (χ0n) is 7.63. The van der Waals surface area contributed by atoms with Crippen molar-refractivity contribution in [3.05, 3.63) is 0 Å². The largest absolute Gasteiger partial charge is 0.385 e. The van der Waals surface area contributed by atoms with E-state index in [2.05, 4.69) is 13.8 Å². The summed E-state index contributed by atoms with van der Waals surface area (Å²) in [6, 6.07) is 0. The highest BCUT2D eigenvalue weighted by molar-refractivity contribution is 5.79. The van der Waals surface area contributed by atoms with Gasteiger partial charge in [0.1, 0.15) is 6.10 Å². The van der Waals surface area contributed by atoms with E-state index in [9.17, 15) is 4.79 Å². The predicted molar refractivity (Wildman–Crippen MR) is 45.4 cm³/mol. The van der Waals surface area contributed by atoms with Crippen molar-refractivity contribution < 1.29 is 9.90 Å². The molecule has 0 fully saturated rings. The first-order chi connectivity index (χ1) is 5.07. The molecule has 0 saturated carbocycles. The van der Waals surface area contributed by atoms with Gasteiger partial charge in [-0.1, -0.05) is 20.3 Å². The van der Waals surface area contributed by atoms with E-state index in [0.717, 1.165) is 12.8 Å². The van der Waals surface area contributed by atoms with E-state index < -0.39 is 6.10 Å². The summed E-state index contributed by atoms with van der Waals surface area (Å²) in [5.41, 5.74) is 0. The Labute approximate surface area is 68.6 Å². The Morgan fingerprint density at radius 1 is 1.45 bits per heavy atom. The first-order valence-corrected chi connectivity index (χ1v) is 4.26. The number of ketones is 1. The molecule has 0 aromatic heterocycles. The van der Waals surface area contributed by atoms with Gasteiger partial charge in [-0.3, -0.25) is 4.79 Å². The number of hydrogen-bond donors (Lipinski definition) is 1. The summed E-state index contributed by atoms with van der Waals surface area (Å²) in [6.45, 7) is 5.68. The van der Waals surface area contributed by atoms with Crippen molar-refractivity contribution in [1.82, 2.24) is 0 Å². The third-order valence-corrected chi connectivity index (χ3v) is 2.10. The number of carbonyl (C=O) groups excluding carboxylic acids is 1. The van der Waals surface area contributed by atoms with Crippen LogP contribution in [-0.4, -0.2) is 17.0 Å². The minimum atomic E-state index is -0.732. The first-order valence-electron chi connectivity index (χ1n) is 4.26. The van der Waals surface area contributed by atoms with Crippen molar-refractivity contribution in [2.75, 3.05) is 0 Å². The Bertz CT molecular complexity index is 121. The van der Waals surface area contributed by atoms with Crippen LogP contribution in [0.3, 0.4) is 0 Å². The van der Waals surface area contributed by atoms with Crippen molar-refractivity contribution in [1.29, 1.82) is 0 Å². The molecule has 2 heteroatoms. The number of Topliss-reactive ketones (excluding diaryl/α,β-unsaturated/α-hetero) is 1. The van der Waals surface area contributed by atoms with Crippen LogP contribution in [-0.2, 0) is 4.79 Å². The van der Waals surface area contributed by atoms with Crippen LogP contribution in [0.1, 0.15) is 40.0 Å². The number of rotatable bonds is 5. The normalized spacial score (nSPS) is 16.0. The number of hydrogen-bond acceptors (Lipinski definition) is 2. The topological polar surface area (TPSA) is 37.3 Å².